The SMILES string of the molecule is COC(=O)c1nc2n(CC(=O)N3CCN(C(=O)OC(C)(C)C)CC3)ccn2c(=O)c1OCc1ccccc1. The van der Waals surface area contributed by atoms with E-state index in [1.807, 2.05) is 30.3 Å². The van der Waals surface area contributed by atoms with Crippen molar-refractivity contribution in [3.05, 3.63) is 64.3 Å². The van der Waals surface area contributed by atoms with E-state index >= 15 is 0 Å². The van der Waals surface area contributed by atoms with Crippen molar-refractivity contribution in [2.24, 2.45) is 0 Å². The van der Waals surface area contributed by atoms with Crippen LogP contribution < -0.4 is 10.3 Å². The molecule has 1 aliphatic rings. The number of methoxy groups -OCH3 is 1. The number of ether oxygens (including phenoxy) is 3. The molecule has 3 aromatic rings. The maximum absolute atomic E-state index is 13.2. The largest absolute Gasteiger partial charge is 0.481 e. The topological polar surface area (TPSA) is 125 Å². The summed E-state index contributed by atoms with van der Waals surface area (Å²) in [5.74, 6) is -1.18. The summed E-state index contributed by atoms with van der Waals surface area (Å²) in [4.78, 5) is 58.6. The van der Waals surface area contributed by atoms with Crippen LogP contribution in [0.5, 0.6) is 5.75 Å². The number of hydrogen-bond donors (Lipinski definition) is 0. The first-order valence-corrected chi connectivity index (χ1v) is 12.2. The second-order valence-electron chi connectivity index (χ2n) is 9.80. The first-order valence-electron chi connectivity index (χ1n) is 12.2. The minimum atomic E-state index is -0.829. The van der Waals surface area contributed by atoms with E-state index in [0.717, 1.165) is 5.56 Å². The van der Waals surface area contributed by atoms with Gasteiger partial charge in [-0.1, -0.05) is 30.3 Å². The van der Waals surface area contributed by atoms with Crippen LogP contribution in [-0.4, -0.2) is 80.6 Å². The number of amides is 2. The third-order valence-corrected chi connectivity index (χ3v) is 5.90. The van der Waals surface area contributed by atoms with Gasteiger partial charge in [-0.25, -0.2) is 19.0 Å². The molecule has 0 bridgehead atoms. The molecule has 0 N–H and O–H groups in total. The minimum Gasteiger partial charge on any atom is -0.481 e. The highest BCUT2D eigenvalue weighted by molar-refractivity contribution is 5.90. The average molecular weight is 526 g/mol. The molecule has 0 saturated carbocycles. The van der Waals surface area contributed by atoms with Crippen molar-refractivity contribution in [2.75, 3.05) is 33.3 Å². The molecule has 1 saturated heterocycles. The standard InChI is InChI=1S/C26H31N5O7/c1-26(2,3)38-25(35)29-12-10-28(11-13-29)19(32)16-30-14-15-31-22(33)21(20(23(34)36-4)27-24(30)31)37-17-18-8-6-5-7-9-18/h5-9,14-15H,10-13,16-17H2,1-4H3. The number of benzene rings is 1. The van der Waals surface area contributed by atoms with Gasteiger partial charge in [0.05, 0.1) is 7.11 Å². The van der Waals surface area contributed by atoms with Crippen molar-refractivity contribution in [2.45, 2.75) is 39.5 Å². The smallest absolute Gasteiger partial charge is 0.410 e. The zero-order valence-corrected chi connectivity index (χ0v) is 21.9. The van der Waals surface area contributed by atoms with Gasteiger partial charge in [0.1, 0.15) is 18.8 Å². The van der Waals surface area contributed by atoms with Gasteiger partial charge < -0.3 is 28.6 Å². The second-order valence-corrected chi connectivity index (χ2v) is 9.80. The summed E-state index contributed by atoms with van der Waals surface area (Å²) in [6.07, 6.45) is 2.60. The van der Waals surface area contributed by atoms with Gasteiger partial charge in [0.25, 0.3) is 0 Å². The van der Waals surface area contributed by atoms with Crippen molar-refractivity contribution in [1.29, 1.82) is 0 Å². The predicted molar refractivity (Wildman–Crippen MR) is 136 cm³/mol. The normalized spacial score (nSPS) is 13.9. The van der Waals surface area contributed by atoms with E-state index in [1.54, 1.807) is 36.8 Å². The lowest BCUT2D eigenvalue weighted by atomic mass is 10.2. The summed E-state index contributed by atoms with van der Waals surface area (Å²) in [6, 6.07) is 9.19. The summed E-state index contributed by atoms with van der Waals surface area (Å²) >= 11 is 0. The summed E-state index contributed by atoms with van der Waals surface area (Å²) in [6.45, 7) is 6.73. The summed E-state index contributed by atoms with van der Waals surface area (Å²) < 4.78 is 18.6. The fourth-order valence-corrected chi connectivity index (χ4v) is 3.99. The van der Waals surface area contributed by atoms with Crippen molar-refractivity contribution >= 4 is 23.7 Å². The van der Waals surface area contributed by atoms with Gasteiger partial charge in [-0.3, -0.25) is 9.59 Å². The predicted octanol–water partition coefficient (Wildman–Crippen LogP) is 1.94. The van der Waals surface area contributed by atoms with Gasteiger partial charge in [0.15, 0.2) is 5.69 Å². The van der Waals surface area contributed by atoms with Crippen LogP contribution >= 0.6 is 0 Å². The molecule has 1 aliphatic heterocycles. The lowest BCUT2D eigenvalue weighted by Gasteiger charge is -2.35. The number of piperazine rings is 1. The summed E-state index contributed by atoms with van der Waals surface area (Å²) in [5, 5.41) is 0. The van der Waals surface area contributed by atoms with Crippen LogP contribution in [0.4, 0.5) is 4.79 Å². The highest BCUT2D eigenvalue weighted by Gasteiger charge is 2.28. The van der Waals surface area contributed by atoms with Gasteiger partial charge in [0, 0.05) is 38.6 Å². The van der Waals surface area contributed by atoms with E-state index in [0.29, 0.717) is 26.2 Å². The zero-order valence-electron chi connectivity index (χ0n) is 21.9. The number of carbonyl (C=O) groups is 3. The Hall–Kier alpha value is -4.35. The average Bonchev–Trinajstić information content (AvgIpc) is 3.29. The molecule has 1 aromatic carbocycles. The first kappa shape index (κ1) is 26.7. The Morgan fingerprint density at radius 3 is 2.26 bits per heavy atom. The van der Waals surface area contributed by atoms with E-state index < -0.39 is 23.2 Å². The quantitative estimate of drug-likeness (QED) is 0.447. The molecule has 38 heavy (non-hydrogen) atoms. The molecule has 4 rings (SSSR count). The van der Waals surface area contributed by atoms with Crippen LogP contribution in [0.15, 0.2) is 47.5 Å². The Morgan fingerprint density at radius 1 is 0.974 bits per heavy atom. The van der Waals surface area contributed by atoms with Gasteiger partial charge in [-0.15, -0.1) is 0 Å². The molecule has 202 valence electrons. The molecule has 0 unspecified atom stereocenters. The molecule has 1 fully saturated rings. The van der Waals surface area contributed by atoms with E-state index in [2.05, 4.69) is 4.98 Å². The minimum absolute atomic E-state index is 0.0578. The van der Waals surface area contributed by atoms with Gasteiger partial charge in [0.2, 0.25) is 17.4 Å². The number of aromatic nitrogens is 3. The zero-order chi connectivity index (χ0) is 27.4. The summed E-state index contributed by atoms with van der Waals surface area (Å²) in [5.41, 5.74) is -0.654. The number of hydrogen-bond acceptors (Lipinski definition) is 8. The van der Waals surface area contributed by atoms with Crippen molar-refractivity contribution < 1.29 is 28.6 Å². The van der Waals surface area contributed by atoms with Crippen LogP contribution in [-0.2, 0) is 27.4 Å². The molecule has 3 heterocycles. The van der Waals surface area contributed by atoms with E-state index in [9.17, 15) is 19.2 Å². The highest BCUT2D eigenvalue weighted by atomic mass is 16.6. The lowest BCUT2D eigenvalue weighted by molar-refractivity contribution is -0.133. The van der Waals surface area contributed by atoms with E-state index in [-0.39, 0.29) is 36.3 Å². The molecular formula is C26H31N5O7. The van der Waals surface area contributed by atoms with E-state index in [1.165, 1.54) is 22.3 Å². The molecular weight excluding hydrogens is 494 g/mol. The van der Waals surface area contributed by atoms with Gasteiger partial charge in [-0.05, 0) is 26.3 Å². The van der Waals surface area contributed by atoms with Crippen LogP contribution in [0.3, 0.4) is 0 Å². The van der Waals surface area contributed by atoms with Crippen LogP contribution in [0.25, 0.3) is 5.78 Å². The second kappa shape index (κ2) is 11.0. The number of carbonyl (C=O) groups excluding carboxylic acids is 3. The molecule has 0 atom stereocenters. The Balaban J connectivity index is 1.50. The molecule has 12 nitrogen and oxygen atoms in total. The third kappa shape index (κ3) is 5.96. The number of fused-ring (bicyclic) bond motifs is 1. The molecule has 0 spiro atoms. The number of esters is 1. The third-order valence-electron chi connectivity index (χ3n) is 5.90. The molecule has 2 aromatic heterocycles. The van der Waals surface area contributed by atoms with Crippen LogP contribution in [0.2, 0.25) is 0 Å². The van der Waals surface area contributed by atoms with Crippen molar-refractivity contribution in [3.63, 3.8) is 0 Å². The summed E-state index contributed by atoms with van der Waals surface area (Å²) in [7, 11) is 1.19. The maximum Gasteiger partial charge on any atom is 0.410 e. The number of nitrogens with zero attached hydrogens (tertiary/aromatic N) is 5. The van der Waals surface area contributed by atoms with Gasteiger partial charge >= 0.3 is 17.6 Å². The number of imidazole rings is 1. The molecule has 0 aliphatic carbocycles. The lowest BCUT2D eigenvalue weighted by Crippen LogP contribution is -2.52. The van der Waals surface area contributed by atoms with E-state index in [4.69, 9.17) is 14.2 Å². The fraction of sp³-hybridized carbons (Fsp3) is 0.423. The Bertz CT molecular complexity index is 1380. The maximum atomic E-state index is 13.2. The van der Waals surface area contributed by atoms with Crippen molar-refractivity contribution in [1.82, 2.24) is 23.8 Å². The monoisotopic (exact) mass is 525 g/mol. The van der Waals surface area contributed by atoms with Crippen LogP contribution in [0.1, 0.15) is 36.8 Å². The van der Waals surface area contributed by atoms with Gasteiger partial charge in [-0.2, -0.15) is 0 Å². The van der Waals surface area contributed by atoms with Crippen LogP contribution in [0, 0.1) is 0 Å². The Labute approximate surface area is 219 Å². The molecule has 0 radical (unpaired) electrons. The fourth-order valence-electron chi connectivity index (χ4n) is 3.99. The Kier molecular flexibility index (Phi) is 7.70. The number of rotatable bonds is 6. The molecule has 12 heteroatoms. The van der Waals surface area contributed by atoms with Crippen molar-refractivity contribution in [3.8, 4) is 5.75 Å². The highest BCUT2D eigenvalue weighted by Crippen LogP contribution is 2.17. The molecule has 2 amide bonds. The first-order chi connectivity index (χ1) is 18.1. The Morgan fingerprint density at radius 2 is 1.63 bits per heavy atom.